The molecule has 2 aromatic heterocycles. The molecule has 4 aromatic rings. The molecule has 0 aliphatic heterocycles. The van der Waals surface area contributed by atoms with Crippen molar-refractivity contribution in [3.05, 3.63) is 78.5 Å². The number of nitrogens with zero attached hydrogens (tertiary/aromatic N) is 3. The molecule has 2 heterocycles. The van der Waals surface area contributed by atoms with E-state index < -0.39 is 15.7 Å². The Morgan fingerprint density at radius 1 is 1.04 bits per heavy atom. The van der Waals surface area contributed by atoms with Crippen LogP contribution in [0.25, 0.3) is 16.9 Å². The predicted molar refractivity (Wildman–Crippen MR) is 95.0 cm³/mol. The minimum atomic E-state index is -3.77. The largest absolute Gasteiger partial charge is 0.287 e. The van der Waals surface area contributed by atoms with Crippen molar-refractivity contribution in [2.45, 2.75) is 16.8 Å². The van der Waals surface area contributed by atoms with E-state index >= 15 is 0 Å². The summed E-state index contributed by atoms with van der Waals surface area (Å²) in [6, 6.07) is 12.6. The van der Waals surface area contributed by atoms with E-state index in [-0.39, 0.29) is 9.92 Å². The number of fused-ring (bicyclic) bond motifs is 1. The van der Waals surface area contributed by atoms with Gasteiger partial charge in [0.05, 0.1) is 11.1 Å². The quantitative estimate of drug-likeness (QED) is 0.554. The number of sulfone groups is 1. The summed E-state index contributed by atoms with van der Waals surface area (Å²) in [5, 5.41) is 0.00834. The Hall–Kier alpha value is -3.06. The number of imidazole rings is 1. The third-order valence-electron chi connectivity index (χ3n) is 4.10. The average Bonchev–Trinajstić information content (AvgIpc) is 3.10. The third kappa shape index (κ3) is 2.66. The maximum absolute atomic E-state index is 13.6. The van der Waals surface area contributed by atoms with Gasteiger partial charge in [0.1, 0.15) is 11.5 Å². The fraction of sp³-hybridized carbons (Fsp3) is 0.0526. The van der Waals surface area contributed by atoms with Gasteiger partial charge in [-0.25, -0.2) is 22.8 Å². The van der Waals surface area contributed by atoms with Gasteiger partial charge in [0.25, 0.3) is 0 Å². The van der Waals surface area contributed by atoms with E-state index in [0.29, 0.717) is 16.9 Å². The van der Waals surface area contributed by atoms with Gasteiger partial charge in [-0.15, -0.1) is 0 Å². The van der Waals surface area contributed by atoms with E-state index in [1.54, 1.807) is 42.6 Å². The molecule has 0 aliphatic rings. The second kappa shape index (κ2) is 6.03. The second-order valence-corrected chi connectivity index (χ2v) is 7.79. The molecule has 0 saturated heterocycles. The topological polar surface area (TPSA) is 64.3 Å². The highest BCUT2D eigenvalue weighted by Crippen LogP contribution is 2.27. The number of aryl methyl sites for hydroxylation is 1. The van der Waals surface area contributed by atoms with E-state index in [1.165, 1.54) is 28.9 Å². The Bertz CT molecular complexity index is 1220. The summed E-state index contributed by atoms with van der Waals surface area (Å²) in [6.07, 6.45) is 4.33. The summed E-state index contributed by atoms with van der Waals surface area (Å²) >= 11 is 0. The molecule has 5 nitrogen and oxygen atoms in total. The van der Waals surface area contributed by atoms with Gasteiger partial charge in [0.2, 0.25) is 9.84 Å². The Kier molecular flexibility index (Phi) is 3.81. The van der Waals surface area contributed by atoms with Crippen molar-refractivity contribution < 1.29 is 12.8 Å². The molecule has 4 rings (SSSR count). The Morgan fingerprint density at radius 3 is 2.54 bits per heavy atom. The van der Waals surface area contributed by atoms with Crippen molar-refractivity contribution in [1.29, 1.82) is 0 Å². The van der Waals surface area contributed by atoms with Gasteiger partial charge in [-0.2, -0.15) is 0 Å². The van der Waals surface area contributed by atoms with Crippen molar-refractivity contribution in [3.63, 3.8) is 0 Å². The molecule has 0 radical (unpaired) electrons. The van der Waals surface area contributed by atoms with Crippen LogP contribution in [-0.2, 0) is 9.84 Å². The van der Waals surface area contributed by atoms with Gasteiger partial charge < -0.3 is 0 Å². The molecule has 0 N–H and O–H groups in total. The fourth-order valence-corrected chi connectivity index (χ4v) is 4.11. The zero-order chi connectivity index (χ0) is 18.3. The Morgan fingerprint density at radius 2 is 1.81 bits per heavy atom. The summed E-state index contributed by atoms with van der Waals surface area (Å²) in [4.78, 5) is 8.67. The summed E-state index contributed by atoms with van der Waals surface area (Å²) in [6.45, 7) is 1.89. The lowest BCUT2D eigenvalue weighted by molar-refractivity contribution is 0.590. The molecule has 0 spiro atoms. The van der Waals surface area contributed by atoms with Crippen LogP contribution in [0.4, 0.5) is 4.39 Å². The van der Waals surface area contributed by atoms with Crippen molar-refractivity contribution in [2.75, 3.05) is 0 Å². The van der Waals surface area contributed by atoms with Gasteiger partial charge in [0.15, 0.2) is 10.7 Å². The summed E-state index contributed by atoms with van der Waals surface area (Å²) in [5.41, 5.74) is 2.26. The van der Waals surface area contributed by atoms with Gasteiger partial charge in [-0.1, -0.05) is 29.8 Å². The first-order chi connectivity index (χ1) is 12.5. The number of halogens is 1. The number of hydrogen-bond acceptors (Lipinski definition) is 4. The van der Waals surface area contributed by atoms with Crippen molar-refractivity contribution in [3.8, 4) is 11.3 Å². The summed E-state index contributed by atoms with van der Waals surface area (Å²) in [7, 11) is -3.77. The zero-order valence-electron chi connectivity index (χ0n) is 13.8. The maximum Gasteiger partial charge on any atom is 0.223 e. The maximum atomic E-state index is 13.6. The third-order valence-corrected chi connectivity index (χ3v) is 5.84. The van der Waals surface area contributed by atoms with Gasteiger partial charge in [-0.05, 0) is 31.2 Å². The van der Waals surface area contributed by atoms with Crippen LogP contribution in [0.5, 0.6) is 0 Å². The van der Waals surface area contributed by atoms with E-state index in [2.05, 4.69) is 9.97 Å². The number of benzene rings is 2. The highest BCUT2D eigenvalue weighted by Gasteiger charge is 2.23. The number of hydrogen-bond donors (Lipinski definition) is 0. The molecule has 0 unspecified atom stereocenters. The number of aromatic nitrogens is 3. The van der Waals surface area contributed by atoms with Crippen molar-refractivity contribution >= 4 is 15.5 Å². The predicted octanol–water partition coefficient (Wildman–Crippen LogP) is 3.68. The normalized spacial score (nSPS) is 11.8. The fourth-order valence-electron chi connectivity index (χ4n) is 2.77. The minimum absolute atomic E-state index is 0.00834. The molecule has 26 heavy (non-hydrogen) atoms. The molecule has 2 aromatic carbocycles. The van der Waals surface area contributed by atoms with E-state index in [1.807, 2.05) is 6.92 Å². The van der Waals surface area contributed by atoms with Crippen LogP contribution in [0.2, 0.25) is 0 Å². The Balaban J connectivity index is 1.92. The molecule has 0 atom stereocenters. The van der Waals surface area contributed by atoms with Crippen LogP contribution >= 0.6 is 0 Å². The van der Waals surface area contributed by atoms with Crippen LogP contribution in [0, 0.1) is 12.7 Å². The lowest BCUT2D eigenvalue weighted by Crippen LogP contribution is -2.09. The second-order valence-electron chi connectivity index (χ2n) is 5.89. The van der Waals surface area contributed by atoms with Gasteiger partial charge >= 0.3 is 0 Å². The highest BCUT2D eigenvalue weighted by atomic mass is 32.2. The van der Waals surface area contributed by atoms with E-state index in [4.69, 9.17) is 0 Å². The van der Waals surface area contributed by atoms with Crippen LogP contribution < -0.4 is 0 Å². The lowest BCUT2D eigenvalue weighted by atomic mass is 10.1. The van der Waals surface area contributed by atoms with Gasteiger partial charge in [0, 0.05) is 18.0 Å². The number of rotatable bonds is 3. The first-order valence-electron chi connectivity index (χ1n) is 7.86. The van der Waals surface area contributed by atoms with Crippen molar-refractivity contribution in [2.24, 2.45) is 0 Å². The molecule has 0 saturated carbocycles. The summed E-state index contributed by atoms with van der Waals surface area (Å²) in [5.74, 6) is -0.398. The minimum Gasteiger partial charge on any atom is -0.287 e. The molecule has 0 amide bonds. The SMILES string of the molecule is Cc1ccc(S(=O)(=O)c2cnc(-c3cccc(F)c3)c3nccn23)cc1. The first kappa shape index (κ1) is 16.4. The van der Waals surface area contributed by atoms with Gasteiger partial charge in [-0.3, -0.25) is 4.40 Å². The molecule has 7 heteroatoms. The molecule has 0 aliphatic carbocycles. The van der Waals surface area contributed by atoms with Crippen LogP contribution in [0.1, 0.15) is 5.56 Å². The molecular weight excluding hydrogens is 353 g/mol. The zero-order valence-corrected chi connectivity index (χ0v) is 14.6. The van der Waals surface area contributed by atoms with E-state index in [9.17, 15) is 12.8 Å². The monoisotopic (exact) mass is 367 g/mol. The average molecular weight is 367 g/mol. The van der Waals surface area contributed by atoms with Crippen LogP contribution in [-0.4, -0.2) is 22.8 Å². The lowest BCUT2D eigenvalue weighted by Gasteiger charge is -2.10. The highest BCUT2D eigenvalue weighted by molar-refractivity contribution is 7.91. The molecule has 0 fully saturated rings. The standard InChI is InChI=1S/C19H14FN3O2S/c1-13-5-7-16(8-6-13)26(24,25)17-12-22-18(19-21-9-10-23(17)19)14-3-2-4-15(20)11-14/h2-12H,1H3. The smallest absolute Gasteiger partial charge is 0.223 e. The molecule has 130 valence electrons. The first-order valence-corrected chi connectivity index (χ1v) is 9.35. The van der Waals surface area contributed by atoms with E-state index in [0.717, 1.165) is 5.56 Å². The molecular formula is C19H14FN3O2S. The summed E-state index contributed by atoms with van der Waals surface area (Å²) < 4.78 is 41.0. The van der Waals surface area contributed by atoms with Crippen molar-refractivity contribution in [1.82, 2.24) is 14.4 Å². The Labute approximate surface area is 149 Å². The molecule has 0 bridgehead atoms. The van der Waals surface area contributed by atoms with Crippen LogP contribution in [0.3, 0.4) is 0 Å². The van der Waals surface area contributed by atoms with Crippen LogP contribution in [0.15, 0.2) is 77.0 Å².